The number of allylic oxidation sites excluding steroid dienone is 1. The van der Waals surface area contributed by atoms with Gasteiger partial charge in [-0.15, -0.1) is 0 Å². The van der Waals surface area contributed by atoms with Gasteiger partial charge in [0.1, 0.15) is 17.8 Å². The lowest BCUT2D eigenvalue weighted by molar-refractivity contribution is 0.364. The minimum absolute atomic E-state index is 0.304. The highest BCUT2D eigenvalue weighted by molar-refractivity contribution is 6.23. The maximum Gasteiger partial charge on any atom is 0.147 e. The Morgan fingerprint density at radius 3 is 1.40 bits per heavy atom. The second kappa shape index (κ2) is 15.0. The van der Waals surface area contributed by atoms with Crippen molar-refractivity contribution in [3.63, 3.8) is 0 Å². The molecule has 63 heavy (non-hydrogen) atoms. The predicted molar refractivity (Wildman–Crippen MR) is 259 cm³/mol. The van der Waals surface area contributed by atoms with E-state index in [1.165, 1.54) is 5.39 Å². The van der Waals surface area contributed by atoms with Crippen LogP contribution in [0.4, 0.5) is 0 Å². The third-order valence-electron chi connectivity index (χ3n) is 12.4. The SMILES string of the molecule is CN1C(c2cccc3c4ccccc4n(-c4cccc(-c5ccccc5)n4)c23)=CC(c2cccc3c4ccccc4n(-c4cccc(-c5ccccc5)n4)c23)=NC1c1ccccc1. The van der Waals surface area contributed by atoms with Crippen molar-refractivity contribution in [2.75, 3.05) is 7.05 Å². The number of pyridine rings is 2. The van der Waals surface area contributed by atoms with Crippen LogP contribution in [-0.2, 0) is 0 Å². The van der Waals surface area contributed by atoms with Gasteiger partial charge in [-0.2, -0.15) is 0 Å². The van der Waals surface area contributed by atoms with Gasteiger partial charge in [-0.3, -0.25) is 14.1 Å². The smallest absolute Gasteiger partial charge is 0.147 e. The third-order valence-corrected chi connectivity index (χ3v) is 12.4. The normalized spacial score (nSPS) is 14.1. The zero-order chi connectivity index (χ0) is 41.9. The molecule has 1 atom stereocenters. The molecule has 7 aromatic carbocycles. The maximum atomic E-state index is 5.66. The van der Waals surface area contributed by atoms with Crippen molar-refractivity contribution < 1.29 is 0 Å². The van der Waals surface area contributed by atoms with E-state index < -0.39 is 0 Å². The van der Waals surface area contributed by atoms with Gasteiger partial charge in [-0.25, -0.2) is 9.97 Å². The van der Waals surface area contributed by atoms with Gasteiger partial charge in [-0.1, -0.05) is 176 Å². The van der Waals surface area contributed by atoms with E-state index in [0.29, 0.717) is 0 Å². The molecule has 11 aromatic rings. The van der Waals surface area contributed by atoms with E-state index in [-0.39, 0.29) is 6.17 Å². The number of rotatable bonds is 7. The molecule has 0 bridgehead atoms. The fourth-order valence-electron chi connectivity index (χ4n) is 9.52. The van der Waals surface area contributed by atoms with Gasteiger partial charge in [0.05, 0.1) is 39.2 Å². The summed E-state index contributed by atoms with van der Waals surface area (Å²) in [4.78, 5) is 18.6. The minimum atomic E-state index is -0.304. The number of benzene rings is 7. The van der Waals surface area contributed by atoms with Gasteiger partial charge in [0.2, 0.25) is 0 Å². The molecule has 0 spiro atoms. The van der Waals surface area contributed by atoms with Gasteiger partial charge in [-0.05, 0) is 48.0 Å². The highest BCUT2D eigenvalue weighted by atomic mass is 15.2. The van der Waals surface area contributed by atoms with Crippen LogP contribution < -0.4 is 0 Å². The topological polar surface area (TPSA) is 51.2 Å². The molecule has 5 heterocycles. The molecular weight excluding hydrogens is 769 g/mol. The Balaban J connectivity index is 1.12. The van der Waals surface area contributed by atoms with Crippen molar-refractivity contribution in [1.29, 1.82) is 0 Å². The quantitative estimate of drug-likeness (QED) is 0.161. The van der Waals surface area contributed by atoms with Crippen LogP contribution in [-0.4, -0.2) is 36.8 Å². The van der Waals surface area contributed by atoms with Crippen LogP contribution in [0.25, 0.3) is 83.5 Å². The molecule has 298 valence electrons. The molecule has 12 rings (SSSR count). The van der Waals surface area contributed by atoms with E-state index in [1.807, 2.05) is 12.1 Å². The van der Waals surface area contributed by atoms with Crippen LogP contribution >= 0.6 is 0 Å². The van der Waals surface area contributed by atoms with Crippen molar-refractivity contribution in [3.05, 3.63) is 235 Å². The van der Waals surface area contributed by atoms with Crippen LogP contribution in [0, 0.1) is 0 Å². The molecule has 0 aliphatic carbocycles. The van der Waals surface area contributed by atoms with E-state index in [1.54, 1.807) is 0 Å². The first-order valence-corrected chi connectivity index (χ1v) is 21.4. The standard InChI is InChI=1S/C57H40N6/c1-61-52(46-30-16-28-44-42-26-12-14-34-51(42)63(56(44)46)54-36-18-32-48(59-54)39-21-7-3-8-22-39)37-49(60-57(61)40-23-9-4-10-24-40)45-29-15-27-43-41-25-11-13-33-50(41)62(55(43)45)53-35-17-31-47(58-53)38-19-5-2-6-20-38/h2-37,57H,1H3. The number of nitrogens with zero attached hydrogens (tertiary/aromatic N) is 6. The first-order valence-electron chi connectivity index (χ1n) is 21.4. The summed E-state index contributed by atoms with van der Waals surface area (Å²) in [6, 6.07) is 74.6. The monoisotopic (exact) mass is 808 g/mol. The Hall–Kier alpha value is -8.35. The summed E-state index contributed by atoms with van der Waals surface area (Å²) in [5.41, 5.74) is 13.6. The van der Waals surface area contributed by atoms with Crippen LogP contribution in [0.1, 0.15) is 22.9 Å². The van der Waals surface area contributed by atoms with Crippen LogP contribution in [0.15, 0.2) is 223 Å². The summed E-state index contributed by atoms with van der Waals surface area (Å²) in [5.74, 6) is 1.72. The molecule has 6 nitrogen and oxygen atoms in total. The molecular formula is C57H40N6. The largest absolute Gasteiger partial charge is 0.348 e. The Kier molecular flexibility index (Phi) is 8.68. The molecule has 0 saturated heterocycles. The molecule has 0 saturated carbocycles. The molecule has 0 N–H and O–H groups in total. The summed E-state index contributed by atoms with van der Waals surface area (Å²) >= 11 is 0. The lowest BCUT2D eigenvalue weighted by Crippen LogP contribution is -2.28. The van der Waals surface area contributed by atoms with Crippen molar-refractivity contribution in [2.24, 2.45) is 4.99 Å². The molecule has 0 fully saturated rings. The van der Waals surface area contributed by atoms with Crippen molar-refractivity contribution in [1.82, 2.24) is 24.0 Å². The van der Waals surface area contributed by atoms with Gasteiger partial charge < -0.3 is 4.90 Å². The number of aliphatic imine (C=N–C) groups is 1. The highest BCUT2D eigenvalue weighted by Gasteiger charge is 2.29. The average Bonchev–Trinajstić information content (AvgIpc) is 3.89. The van der Waals surface area contributed by atoms with Gasteiger partial charge in [0.15, 0.2) is 0 Å². The summed E-state index contributed by atoms with van der Waals surface area (Å²) in [6.07, 6.45) is 1.98. The summed E-state index contributed by atoms with van der Waals surface area (Å²) in [5, 5.41) is 4.65. The number of fused-ring (bicyclic) bond motifs is 6. The molecule has 0 radical (unpaired) electrons. The number of aromatic nitrogens is 4. The number of hydrogen-bond donors (Lipinski definition) is 0. The van der Waals surface area contributed by atoms with Crippen molar-refractivity contribution in [3.8, 4) is 34.2 Å². The highest BCUT2D eigenvalue weighted by Crippen LogP contribution is 2.42. The summed E-state index contributed by atoms with van der Waals surface area (Å²) < 4.78 is 4.66. The Morgan fingerprint density at radius 2 is 0.841 bits per heavy atom. The zero-order valence-electron chi connectivity index (χ0n) is 34.5. The number of hydrogen-bond acceptors (Lipinski definition) is 4. The predicted octanol–water partition coefficient (Wildman–Crippen LogP) is 13.5. The third kappa shape index (κ3) is 6.06. The van der Waals surface area contributed by atoms with Gasteiger partial charge >= 0.3 is 0 Å². The zero-order valence-corrected chi connectivity index (χ0v) is 34.5. The molecule has 1 unspecified atom stereocenters. The van der Waals surface area contributed by atoms with Crippen molar-refractivity contribution in [2.45, 2.75) is 6.17 Å². The van der Waals surface area contributed by atoms with Crippen LogP contribution in [0.5, 0.6) is 0 Å². The van der Waals surface area contributed by atoms with E-state index in [2.05, 4.69) is 227 Å². The van der Waals surface area contributed by atoms with Gasteiger partial charge in [0, 0.05) is 56.5 Å². The second-order valence-corrected chi connectivity index (χ2v) is 16.0. The lowest BCUT2D eigenvalue weighted by atomic mass is 9.97. The molecule has 4 aromatic heterocycles. The summed E-state index contributed by atoms with van der Waals surface area (Å²) in [6.45, 7) is 0. The average molecular weight is 809 g/mol. The first-order chi connectivity index (χ1) is 31.2. The Bertz CT molecular complexity index is 3580. The van der Waals surface area contributed by atoms with E-state index in [9.17, 15) is 0 Å². The Labute approximate surface area is 365 Å². The molecule has 0 amide bonds. The molecule has 1 aliphatic rings. The number of para-hydroxylation sites is 4. The van der Waals surface area contributed by atoms with Crippen LogP contribution in [0.3, 0.4) is 0 Å². The fourth-order valence-corrected chi connectivity index (χ4v) is 9.52. The van der Waals surface area contributed by atoms with E-state index >= 15 is 0 Å². The van der Waals surface area contributed by atoms with Crippen LogP contribution in [0.2, 0.25) is 0 Å². The maximum absolute atomic E-state index is 5.66. The summed E-state index contributed by atoms with van der Waals surface area (Å²) in [7, 11) is 2.17. The molecule has 6 heteroatoms. The van der Waals surface area contributed by atoms with Gasteiger partial charge in [0.25, 0.3) is 0 Å². The van der Waals surface area contributed by atoms with E-state index in [0.717, 1.165) is 100 Å². The molecule has 1 aliphatic heterocycles. The minimum Gasteiger partial charge on any atom is -0.348 e. The fraction of sp³-hybridized carbons (Fsp3) is 0.0351. The van der Waals surface area contributed by atoms with Crippen molar-refractivity contribution >= 4 is 55.0 Å². The Morgan fingerprint density at radius 1 is 0.397 bits per heavy atom. The second-order valence-electron chi connectivity index (χ2n) is 16.0. The lowest BCUT2D eigenvalue weighted by Gasteiger charge is -2.34. The first kappa shape index (κ1) is 36.5. The van der Waals surface area contributed by atoms with E-state index in [4.69, 9.17) is 15.0 Å².